The van der Waals surface area contributed by atoms with E-state index in [-0.39, 0.29) is 0 Å². The topological polar surface area (TPSA) is 0 Å². The molecule has 0 saturated carbocycles. The minimum Gasteiger partial charge on any atom is -0.0777 e. The Kier molecular flexibility index (Phi) is 4.09. The van der Waals surface area contributed by atoms with Gasteiger partial charge in [0.1, 0.15) is 0 Å². The molecule has 0 atom stereocenters. The molecule has 0 aliphatic carbocycles. The maximum Gasteiger partial charge on any atom is 0.0788 e. The van der Waals surface area contributed by atoms with Crippen molar-refractivity contribution in [3.05, 3.63) is 70.6 Å². The summed E-state index contributed by atoms with van der Waals surface area (Å²) in [5, 5.41) is 0. The van der Waals surface area contributed by atoms with Crippen molar-refractivity contribution in [2.75, 3.05) is 0 Å². The van der Waals surface area contributed by atoms with Crippen LogP contribution in [0.25, 0.3) is 6.08 Å². The summed E-state index contributed by atoms with van der Waals surface area (Å²) in [6, 6.07) is 20.2. The van der Waals surface area contributed by atoms with Crippen molar-refractivity contribution in [3.63, 3.8) is 0 Å². The molecule has 0 bridgehead atoms. The van der Waals surface area contributed by atoms with Crippen LogP contribution in [-0.4, -0.2) is 0 Å². The largest absolute Gasteiger partial charge is 0.0788 e. The first-order chi connectivity index (χ1) is 7.84. The zero-order valence-electron chi connectivity index (χ0n) is 8.64. The second-order valence-electron chi connectivity index (χ2n) is 3.27. The Bertz CT molecular complexity index is 463. The van der Waals surface area contributed by atoms with E-state index in [9.17, 15) is 0 Å². The van der Waals surface area contributed by atoms with E-state index in [0.29, 0.717) is 0 Å². The molecule has 2 heteroatoms. The number of halogens is 1. The van der Waals surface area contributed by atoms with Gasteiger partial charge in [-0.15, -0.1) is 0 Å². The fourth-order valence-corrected chi connectivity index (χ4v) is 2.42. The Hall–Kier alpha value is -1.18. The predicted octanol–water partition coefficient (Wildman–Crippen LogP) is 5.02. The van der Waals surface area contributed by atoms with Gasteiger partial charge in [0.25, 0.3) is 0 Å². The molecule has 0 spiro atoms. The molecule has 0 fully saturated rings. The highest BCUT2D eigenvalue weighted by atomic mass is 35.5. The summed E-state index contributed by atoms with van der Waals surface area (Å²) in [6.07, 6.45) is 1.97. The van der Waals surface area contributed by atoms with Crippen molar-refractivity contribution >= 4 is 29.4 Å². The zero-order chi connectivity index (χ0) is 11.2. The van der Waals surface area contributed by atoms with E-state index in [1.165, 1.54) is 0 Å². The molecular weight excluding hydrogens is 236 g/mol. The van der Waals surface area contributed by atoms with Gasteiger partial charge in [0.05, 0.1) is 4.36 Å². The molecule has 2 aromatic rings. The van der Waals surface area contributed by atoms with E-state index in [2.05, 4.69) is 0 Å². The highest BCUT2D eigenvalue weighted by Crippen LogP contribution is 2.30. The van der Waals surface area contributed by atoms with Gasteiger partial charge in [-0.05, 0) is 23.8 Å². The van der Waals surface area contributed by atoms with E-state index in [1.54, 1.807) is 11.8 Å². The van der Waals surface area contributed by atoms with Crippen molar-refractivity contribution in [1.29, 1.82) is 0 Å². The van der Waals surface area contributed by atoms with Crippen LogP contribution in [0.2, 0.25) is 0 Å². The smallest absolute Gasteiger partial charge is 0.0777 e. The SMILES string of the molecule is Cl/C(=C/c1ccccc1)Sc1ccccc1. The molecule has 0 heterocycles. The van der Waals surface area contributed by atoms with Crippen LogP contribution in [0.15, 0.2) is 69.9 Å². The standard InChI is InChI=1S/C14H11ClS/c15-14(11-12-7-3-1-4-8-12)16-13-9-5-2-6-10-13/h1-11H/b14-11-. The summed E-state index contributed by atoms with van der Waals surface area (Å²) in [7, 11) is 0. The normalized spacial score (nSPS) is 11.4. The quantitative estimate of drug-likeness (QED) is 0.686. The molecule has 2 rings (SSSR count). The van der Waals surface area contributed by atoms with E-state index < -0.39 is 0 Å². The number of thioether (sulfide) groups is 1. The lowest BCUT2D eigenvalue weighted by atomic mass is 10.2. The number of benzene rings is 2. The van der Waals surface area contributed by atoms with E-state index >= 15 is 0 Å². The molecule has 80 valence electrons. The summed E-state index contributed by atoms with van der Waals surface area (Å²) in [5.41, 5.74) is 1.12. The van der Waals surface area contributed by atoms with Gasteiger partial charge in [-0.2, -0.15) is 0 Å². The molecule has 0 amide bonds. The van der Waals surface area contributed by atoms with Crippen LogP contribution in [0, 0.1) is 0 Å². The highest BCUT2D eigenvalue weighted by molar-refractivity contribution is 8.04. The minimum absolute atomic E-state index is 0.775. The summed E-state index contributed by atoms with van der Waals surface area (Å²) in [6.45, 7) is 0. The van der Waals surface area contributed by atoms with Crippen LogP contribution in [0.1, 0.15) is 5.56 Å². The predicted molar refractivity (Wildman–Crippen MR) is 72.6 cm³/mol. The first-order valence-electron chi connectivity index (χ1n) is 5.00. The zero-order valence-corrected chi connectivity index (χ0v) is 10.2. The first kappa shape index (κ1) is 11.3. The molecule has 0 aromatic heterocycles. The average Bonchev–Trinajstić information content (AvgIpc) is 2.31. The summed E-state index contributed by atoms with van der Waals surface area (Å²) in [4.78, 5) is 1.15. The van der Waals surface area contributed by atoms with E-state index in [1.807, 2.05) is 66.7 Å². The third-order valence-electron chi connectivity index (χ3n) is 2.04. The van der Waals surface area contributed by atoms with Crippen LogP contribution >= 0.6 is 23.4 Å². The minimum atomic E-state index is 0.775. The lowest BCUT2D eigenvalue weighted by molar-refractivity contribution is 1.47. The Morgan fingerprint density at radius 1 is 0.875 bits per heavy atom. The Labute approximate surface area is 105 Å². The van der Waals surface area contributed by atoms with E-state index in [4.69, 9.17) is 11.6 Å². The third-order valence-corrected chi connectivity index (χ3v) is 3.20. The number of hydrogen-bond acceptors (Lipinski definition) is 1. The van der Waals surface area contributed by atoms with Crippen LogP contribution in [-0.2, 0) is 0 Å². The van der Waals surface area contributed by atoms with Crippen molar-refractivity contribution in [3.8, 4) is 0 Å². The summed E-state index contributed by atoms with van der Waals surface area (Å²) in [5.74, 6) is 0. The maximum absolute atomic E-state index is 6.17. The lowest BCUT2D eigenvalue weighted by Crippen LogP contribution is -1.72. The number of rotatable bonds is 3. The van der Waals surface area contributed by atoms with Gasteiger partial charge in [-0.25, -0.2) is 0 Å². The summed E-state index contributed by atoms with van der Waals surface area (Å²) < 4.78 is 0.775. The van der Waals surface area contributed by atoms with Crippen molar-refractivity contribution in [2.45, 2.75) is 4.90 Å². The van der Waals surface area contributed by atoms with Gasteiger partial charge >= 0.3 is 0 Å². The first-order valence-corrected chi connectivity index (χ1v) is 6.19. The second kappa shape index (κ2) is 5.78. The number of hydrogen-bond donors (Lipinski definition) is 0. The van der Waals surface area contributed by atoms with Crippen molar-refractivity contribution in [1.82, 2.24) is 0 Å². The fourth-order valence-electron chi connectivity index (χ4n) is 1.31. The molecule has 0 saturated heterocycles. The van der Waals surface area contributed by atoms with Gasteiger partial charge in [-0.1, -0.05) is 71.9 Å². The Morgan fingerprint density at radius 2 is 1.44 bits per heavy atom. The molecule has 0 unspecified atom stereocenters. The molecular formula is C14H11ClS. The fraction of sp³-hybridized carbons (Fsp3) is 0. The Balaban J connectivity index is 2.09. The van der Waals surface area contributed by atoms with Crippen molar-refractivity contribution in [2.24, 2.45) is 0 Å². The van der Waals surface area contributed by atoms with Gasteiger partial charge in [0.2, 0.25) is 0 Å². The summed E-state index contributed by atoms with van der Waals surface area (Å²) >= 11 is 7.74. The monoisotopic (exact) mass is 246 g/mol. The van der Waals surface area contributed by atoms with Gasteiger partial charge in [-0.3, -0.25) is 0 Å². The van der Waals surface area contributed by atoms with Gasteiger partial charge in [0.15, 0.2) is 0 Å². The molecule has 0 N–H and O–H groups in total. The van der Waals surface area contributed by atoms with Gasteiger partial charge in [0, 0.05) is 4.90 Å². The lowest BCUT2D eigenvalue weighted by Gasteiger charge is -1.99. The van der Waals surface area contributed by atoms with Crippen LogP contribution < -0.4 is 0 Å². The molecule has 0 aliphatic heterocycles. The molecule has 16 heavy (non-hydrogen) atoms. The molecule has 0 nitrogen and oxygen atoms in total. The van der Waals surface area contributed by atoms with Crippen LogP contribution in [0.4, 0.5) is 0 Å². The van der Waals surface area contributed by atoms with Crippen LogP contribution in [0.5, 0.6) is 0 Å². The van der Waals surface area contributed by atoms with Crippen molar-refractivity contribution < 1.29 is 0 Å². The maximum atomic E-state index is 6.17. The second-order valence-corrected chi connectivity index (χ2v) is 5.02. The van der Waals surface area contributed by atoms with E-state index in [0.717, 1.165) is 14.8 Å². The highest BCUT2D eigenvalue weighted by Gasteiger charge is 1.96. The molecule has 0 radical (unpaired) electrons. The molecule has 2 aromatic carbocycles. The Morgan fingerprint density at radius 3 is 2.06 bits per heavy atom. The average molecular weight is 247 g/mol. The van der Waals surface area contributed by atoms with Gasteiger partial charge < -0.3 is 0 Å². The molecule has 0 aliphatic rings. The van der Waals surface area contributed by atoms with Crippen LogP contribution in [0.3, 0.4) is 0 Å². The third kappa shape index (κ3) is 3.44.